The maximum Gasteiger partial charge on any atom is 0.161 e. The molecule has 0 amide bonds. The second-order valence-corrected chi connectivity index (χ2v) is 4.73. The second-order valence-electron chi connectivity index (χ2n) is 4.32. The highest BCUT2D eigenvalue weighted by molar-refractivity contribution is 6.33. The highest BCUT2D eigenvalue weighted by Gasteiger charge is 2.21. The molecule has 1 saturated heterocycles. The molecule has 4 nitrogen and oxygen atoms in total. The molecule has 0 radical (unpaired) electrons. The van der Waals surface area contributed by atoms with Crippen LogP contribution in [-0.2, 0) is 4.74 Å². The van der Waals surface area contributed by atoms with E-state index < -0.39 is 12.2 Å². The maximum atomic E-state index is 9.49. The van der Waals surface area contributed by atoms with Crippen LogP contribution in [0.15, 0.2) is 18.2 Å². The van der Waals surface area contributed by atoms with Gasteiger partial charge in [-0.1, -0.05) is 17.7 Å². The summed E-state index contributed by atoms with van der Waals surface area (Å²) in [6, 6.07) is 7.60. The molecule has 1 aliphatic rings. The van der Waals surface area contributed by atoms with Gasteiger partial charge in [-0.2, -0.15) is 5.26 Å². The Morgan fingerprint density at radius 2 is 2.39 bits per heavy atom. The standard InChI is InChI=1S/C13H15ClN2O2/c1-9(17)10-2-3-13(12(14)6-10)16-4-5-18-11(7-15)8-16/h2-3,6,9,11,17H,4-5,8H2,1H3/t9-,11?/m1/s1. The molecule has 1 aromatic rings. The largest absolute Gasteiger partial charge is 0.389 e. The van der Waals surface area contributed by atoms with E-state index >= 15 is 0 Å². The van der Waals surface area contributed by atoms with E-state index in [1.54, 1.807) is 13.0 Å². The Bertz CT molecular complexity index is 471. The third-order valence-corrected chi connectivity index (χ3v) is 3.31. The van der Waals surface area contributed by atoms with Gasteiger partial charge in [-0.05, 0) is 24.6 Å². The summed E-state index contributed by atoms with van der Waals surface area (Å²) >= 11 is 6.22. The molecule has 96 valence electrons. The lowest BCUT2D eigenvalue weighted by Gasteiger charge is -2.32. The first-order valence-electron chi connectivity index (χ1n) is 5.85. The van der Waals surface area contributed by atoms with Crippen molar-refractivity contribution in [3.05, 3.63) is 28.8 Å². The van der Waals surface area contributed by atoms with Crippen LogP contribution in [0.5, 0.6) is 0 Å². The third kappa shape index (κ3) is 2.75. The van der Waals surface area contributed by atoms with Gasteiger partial charge in [0.25, 0.3) is 0 Å². The van der Waals surface area contributed by atoms with E-state index in [-0.39, 0.29) is 0 Å². The molecule has 1 aromatic carbocycles. The molecule has 1 unspecified atom stereocenters. The summed E-state index contributed by atoms with van der Waals surface area (Å²) in [5, 5.41) is 19.0. The van der Waals surface area contributed by atoms with E-state index in [1.807, 2.05) is 17.0 Å². The SMILES string of the molecule is C[C@@H](O)c1ccc(N2CCOC(C#N)C2)c(Cl)c1. The van der Waals surface area contributed by atoms with E-state index in [4.69, 9.17) is 21.6 Å². The minimum absolute atomic E-state index is 0.411. The number of nitrogens with zero attached hydrogens (tertiary/aromatic N) is 2. The van der Waals surface area contributed by atoms with Gasteiger partial charge in [0.1, 0.15) is 0 Å². The Morgan fingerprint density at radius 1 is 1.61 bits per heavy atom. The van der Waals surface area contributed by atoms with Crippen molar-refractivity contribution < 1.29 is 9.84 Å². The molecule has 18 heavy (non-hydrogen) atoms. The first kappa shape index (κ1) is 13.2. The van der Waals surface area contributed by atoms with Crippen LogP contribution in [0.3, 0.4) is 0 Å². The summed E-state index contributed by atoms with van der Waals surface area (Å²) in [5.74, 6) is 0. The molecule has 5 heteroatoms. The maximum absolute atomic E-state index is 9.49. The molecule has 2 rings (SSSR count). The minimum Gasteiger partial charge on any atom is -0.389 e. The summed E-state index contributed by atoms with van der Waals surface area (Å²) in [4.78, 5) is 2.03. The Labute approximate surface area is 111 Å². The number of ether oxygens (including phenoxy) is 1. The number of hydrogen-bond donors (Lipinski definition) is 1. The molecule has 1 aliphatic heterocycles. The quantitative estimate of drug-likeness (QED) is 0.891. The van der Waals surface area contributed by atoms with E-state index in [2.05, 4.69) is 6.07 Å². The Kier molecular flexibility index (Phi) is 4.07. The fourth-order valence-corrected chi connectivity index (χ4v) is 2.29. The second kappa shape index (κ2) is 5.57. The smallest absolute Gasteiger partial charge is 0.161 e. The number of aliphatic hydroxyl groups is 1. The predicted octanol–water partition coefficient (Wildman–Crippen LogP) is 2.12. The van der Waals surface area contributed by atoms with E-state index in [1.165, 1.54) is 0 Å². The predicted molar refractivity (Wildman–Crippen MR) is 69.7 cm³/mol. The number of rotatable bonds is 2. The van der Waals surface area contributed by atoms with Crippen molar-refractivity contribution in [3.63, 3.8) is 0 Å². The molecule has 0 bridgehead atoms. The van der Waals surface area contributed by atoms with Gasteiger partial charge in [0.2, 0.25) is 0 Å². The molecule has 0 spiro atoms. The lowest BCUT2D eigenvalue weighted by atomic mass is 10.1. The molecule has 0 aromatic heterocycles. The van der Waals surface area contributed by atoms with Crippen LogP contribution in [0, 0.1) is 11.3 Å². The fourth-order valence-electron chi connectivity index (χ4n) is 1.99. The average molecular weight is 267 g/mol. The van der Waals surface area contributed by atoms with Crippen molar-refractivity contribution in [2.24, 2.45) is 0 Å². The van der Waals surface area contributed by atoms with Crippen LogP contribution in [-0.4, -0.2) is 30.9 Å². The van der Waals surface area contributed by atoms with Gasteiger partial charge in [0.05, 0.1) is 36.0 Å². The first-order valence-corrected chi connectivity index (χ1v) is 6.23. The molecule has 1 fully saturated rings. The van der Waals surface area contributed by atoms with Gasteiger partial charge in [-0.25, -0.2) is 0 Å². The molecular weight excluding hydrogens is 252 g/mol. The van der Waals surface area contributed by atoms with Crippen molar-refractivity contribution in [2.75, 3.05) is 24.6 Å². The monoisotopic (exact) mass is 266 g/mol. The summed E-state index contributed by atoms with van der Waals surface area (Å²) in [5.41, 5.74) is 1.67. The number of aliphatic hydroxyl groups excluding tert-OH is 1. The number of nitriles is 1. The number of hydrogen-bond acceptors (Lipinski definition) is 4. The Morgan fingerprint density at radius 3 is 3.00 bits per heavy atom. The highest BCUT2D eigenvalue weighted by atomic mass is 35.5. The number of morpholine rings is 1. The van der Waals surface area contributed by atoms with Crippen molar-refractivity contribution >= 4 is 17.3 Å². The summed E-state index contributed by atoms with van der Waals surface area (Å²) in [7, 11) is 0. The van der Waals surface area contributed by atoms with E-state index in [0.29, 0.717) is 24.7 Å². The number of anilines is 1. The average Bonchev–Trinajstić information content (AvgIpc) is 2.38. The molecule has 1 heterocycles. The number of benzene rings is 1. The van der Waals surface area contributed by atoms with Gasteiger partial charge in [-0.3, -0.25) is 0 Å². The van der Waals surface area contributed by atoms with E-state index in [9.17, 15) is 5.11 Å². The zero-order chi connectivity index (χ0) is 13.1. The summed E-state index contributed by atoms with van der Waals surface area (Å²) < 4.78 is 5.29. The van der Waals surface area contributed by atoms with E-state index in [0.717, 1.165) is 11.3 Å². The van der Waals surface area contributed by atoms with Crippen molar-refractivity contribution in [1.82, 2.24) is 0 Å². The lowest BCUT2D eigenvalue weighted by Crippen LogP contribution is -2.42. The van der Waals surface area contributed by atoms with Crippen molar-refractivity contribution in [2.45, 2.75) is 19.1 Å². The fraction of sp³-hybridized carbons (Fsp3) is 0.462. The Hall–Kier alpha value is -1.28. The van der Waals surface area contributed by atoms with Gasteiger partial charge in [0.15, 0.2) is 6.10 Å². The van der Waals surface area contributed by atoms with Gasteiger partial charge >= 0.3 is 0 Å². The van der Waals surface area contributed by atoms with Crippen LogP contribution in [0.25, 0.3) is 0 Å². The molecule has 0 aliphatic carbocycles. The number of halogens is 1. The zero-order valence-electron chi connectivity index (χ0n) is 10.1. The first-order chi connectivity index (χ1) is 8.61. The van der Waals surface area contributed by atoms with Gasteiger partial charge in [-0.15, -0.1) is 0 Å². The highest BCUT2D eigenvalue weighted by Crippen LogP contribution is 2.30. The van der Waals surface area contributed by atoms with Gasteiger partial charge in [0, 0.05) is 6.54 Å². The third-order valence-electron chi connectivity index (χ3n) is 3.01. The van der Waals surface area contributed by atoms with Gasteiger partial charge < -0.3 is 14.7 Å². The minimum atomic E-state index is -0.534. The van der Waals surface area contributed by atoms with Crippen LogP contribution in [0.4, 0.5) is 5.69 Å². The van der Waals surface area contributed by atoms with Crippen LogP contribution in [0.1, 0.15) is 18.6 Å². The van der Waals surface area contributed by atoms with Crippen molar-refractivity contribution in [3.8, 4) is 6.07 Å². The van der Waals surface area contributed by atoms with Crippen LogP contribution in [0.2, 0.25) is 5.02 Å². The molecule has 1 N–H and O–H groups in total. The topological polar surface area (TPSA) is 56.5 Å². The van der Waals surface area contributed by atoms with Crippen LogP contribution < -0.4 is 4.90 Å². The van der Waals surface area contributed by atoms with Crippen LogP contribution >= 0.6 is 11.6 Å². The summed E-state index contributed by atoms with van der Waals surface area (Å²) in [6.07, 6.45) is -0.945. The molecular formula is C13H15ClN2O2. The zero-order valence-corrected chi connectivity index (χ0v) is 10.9. The molecule has 2 atom stereocenters. The Balaban J connectivity index is 2.21. The molecule has 0 saturated carbocycles. The normalized spacial score (nSPS) is 21.4. The van der Waals surface area contributed by atoms with Crippen molar-refractivity contribution in [1.29, 1.82) is 5.26 Å². The lowest BCUT2D eigenvalue weighted by molar-refractivity contribution is 0.0764. The summed E-state index contributed by atoms with van der Waals surface area (Å²) in [6.45, 7) is 3.45.